The van der Waals surface area contributed by atoms with Gasteiger partial charge in [0.1, 0.15) is 0 Å². The van der Waals surface area contributed by atoms with E-state index in [1.165, 1.54) is 56.2 Å². The lowest BCUT2D eigenvalue weighted by molar-refractivity contribution is 0.0948. The van der Waals surface area contributed by atoms with Gasteiger partial charge in [-0.05, 0) is 81.7 Å². The molecule has 1 aliphatic heterocycles. The van der Waals surface area contributed by atoms with E-state index in [4.69, 9.17) is 0 Å². The monoisotopic (exact) mass is 314 g/mol. The van der Waals surface area contributed by atoms with Crippen LogP contribution in [-0.4, -0.2) is 36.5 Å². The molecule has 0 aromatic heterocycles. The normalized spacial score (nSPS) is 21.7. The van der Waals surface area contributed by atoms with Crippen LogP contribution in [0.15, 0.2) is 18.2 Å². The molecule has 126 valence electrons. The topological polar surface area (TPSA) is 32.3 Å². The molecule has 3 rings (SSSR count). The number of benzene rings is 1. The van der Waals surface area contributed by atoms with Gasteiger partial charge in [0.05, 0.1) is 0 Å². The van der Waals surface area contributed by atoms with Crippen molar-refractivity contribution in [2.75, 3.05) is 19.6 Å². The summed E-state index contributed by atoms with van der Waals surface area (Å²) in [6.45, 7) is 5.43. The molecule has 0 bridgehead atoms. The molecule has 3 heteroatoms. The van der Waals surface area contributed by atoms with E-state index in [1.807, 2.05) is 6.07 Å². The van der Waals surface area contributed by atoms with E-state index in [0.29, 0.717) is 6.04 Å². The van der Waals surface area contributed by atoms with Crippen molar-refractivity contribution in [1.29, 1.82) is 0 Å². The molecule has 0 spiro atoms. The van der Waals surface area contributed by atoms with E-state index < -0.39 is 0 Å². The minimum atomic E-state index is 0.0880. The lowest BCUT2D eigenvalue weighted by Crippen LogP contribution is -2.39. The number of piperidine rings is 1. The van der Waals surface area contributed by atoms with Crippen molar-refractivity contribution >= 4 is 5.91 Å². The number of carbonyl (C=O) groups excluding carboxylic acids is 1. The van der Waals surface area contributed by atoms with Gasteiger partial charge in [-0.25, -0.2) is 0 Å². The van der Waals surface area contributed by atoms with Gasteiger partial charge in [-0.15, -0.1) is 0 Å². The lowest BCUT2D eigenvalue weighted by Gasteiger charge is -2.33. The molecule has 1 aliphatic carbocycles. The standard InChI is InChI=1S/C20H30N2O/c1-16-7-4-5-13-22(16)14-6-12-21-20(23)19-11-10-17-8-2-3-9-18(17)15-19/h10-11,15-16H,2-9,12-14H2,1H3,(H,21,23)/t16-/m0/s1. The van der Waals surface area contributed by atoms with Gasteiger partial charge in [0.15, 0.2) is 0 Å². The average molecular weight is 314 g/mol. The van der Waals surface area contributed by atoms with Crippen molar-refractivity contribution in [3.8, 4) is 0 Å². The maximum Gasteiger partial charge on any atom is 0.251 e. The molecule has 3 nitrogen and oxygen atoms in total. The van der Waals surface area contributed by atoms with Gasteiger partial charge in [-0.1, -0.05) is 12.5 Å². The molecule has 1 amide bonds. The first kappa shape index (κ1) is 16.5. The molecule has 1 saturated heterocycles. The zero-order chi connectivity index (χ0) is 16.1. The van der Waals surface area contributed by atoms with E-state index in [1.54, 1.807) is 0 Å². The number of carbonyl (C=O) groups is 1. The van der Waals surface area contributed by atoms with Crippen LogP contribution in [0.2, 0.25) is 0 Å². The molecule has 0 saturated carbocycles. The third kappa shape index (κ3) is 4.35. The number of nitrogens with one attached hydrogen (secondary N) is 1. The van der Waals surface area contributed by atoms with Crippen molar-refractivity contribution in [3.63, 3.8) is 0 Å². The third-order valence-corrected chi connectivity index (χ3v) is 5.46. The summed E-state index contributed by atoms with van der Waals surface area (Å²) in [5, 5.41) is 3.09. The summed E-state index contributed by atoms with van der Waals surface area (Å²) >= 11 is 0. The van der Waals surface area contributed by atoms with Crippen LogP contribution in [-0.2, 0) is 12.8 Å². The molecule has 1 heterocycles. The van der Waals surface area contributed by atoms with Gasteiger partial charge in [0.25, 0.3) is 5.91 Å². The molecule has 23 heavy (non-hydrogen) atoms. The molecule has 1 aromatic rings. The fourth-order valence-electron chi connectivity index (χ4n) is 3.95. The van der Waals surface area contributed by atoms with Gasteiger partial charge in [-0.3, -0.25) is 4.79 Å². The molecule has 1 aromatic carbocycles. The SMILES string of the molecule is C[C@H]1CCCCN1CCCNC(=O)c1ccc2c(c1)CCCC2. The molecule has 0 unspecified atom stereocenters. The lowest BCUT2D eigenvalue weighted by atomic mass is 9.90. The summed E-state index contributed by atoms with van der Waals surface area (Å²) in [4.78, 5) is 14.9. The average Bonchev–Trinajstić information content (AvgIpc) is 2.59. The molecular weight excluding hydrogens is 284 g/mol. The zero-order valence-electron chi connectivity index (χ0n) is 14.4. The second-order valence-electron chi connectivity index (χ2n) is 7.18. The smallest absolute Gasteiger partial charge is 0.251 e. The van der Waals surface area contributed by atoms with Crippen molar-refractivity contribution in [3.05, 3.63) is 34.9 Å². The van der Waals surface area contributed by atoms with Gasteiger partial charge < -0.3 is 10.2 Å². The number of likely N-dealkylation sites (tertiary alicyclic amines) is 1. The van der Waals surface area contributed by atoms with Gasteiger partial charge in [0.2, 0.25) is 0 Å². The minimum absolute atomic E-state index is 0.0880. The van der Waals surface area contributed by atoms with Crippen LogP contribution in [0.1, 0.15) is 66.9 Å². The van der Waals surface area contributed by atoms with Crippen LogP contribution >= 0.6 is 0 Å². The summed E-state index contributed by atoms with van der Waals surface area (Å²) in [7, 11) is 0. The van der Waals surface area contributed by atoms with Crippen molar-refractivity contribution in [2.24, 2.45) is 0 Å². The predicted molar refractivity (Wildman–Crippen MR) is 94.9 cm³/mol. The number of aryl methyl sites for hydroxylation is 2. The first-order valence-corrected chi connectivity index (χ1v) is 9.38. The van der Waals surface area contributed by atoms with Crippen LogP contribution in [0.3, 0.4) is 0 Å². The maximum atomic E-state index is 12.3. The summed E-state index contributed by atoms with van der Waals surface area (Å²) in [5.74, 6) is 0.0880. The number of rotatable bonds is 5. The van der Waals surface area contributed by atoms with Crippen molar-refractivity contribution in [2.45, 2.75) is 64.3 Å². The van der Waals surface area contributed by atoms with E-state index in [-0.39, 0.29) is 5.91 Å². The van der Waals surface area contributed by atoms with Crippen molar-refractivity contribution < 1.29 is 4.79 Å². The Bertz CT molecular complexity index is 540. The molecule has 1 atom stereocenters. The first-order chi connectivity index (χ1) is 11.2. The number of nitrogens with zero attached hydrogens (tertiary/aromatic N) is 1. The molecule has 2 aliphatic rings. The van der Waals surface area contributed by atoms with Crippen molar-refractivity contribution in [1.82, 2.24) is 10.2 Å². The Morgan fingerprint density at radius 1 is 1.17 bits per heavy atom. The van der Waals surface area contributed by atoms with Gasteiger partial charge in [0, 0.05) is 24.7 Å². The highest BCUT2D eigenvalue weighted by Gasteiger charge is 2.17. The fraction of sp³-hybridized carbons (Fsp3) is 0.650. The summed E-state index contributed by atoms with van der Waals surface area (Å²) < 4.78 is 0. The Morgan fingerprint density at radius 3 is 2.83 bits per heavy atom. The third-order valence-electron chi connectivity index (χ3n) is 5.46. The predicted octanol–water partition coefficient (Wildman–Crippen LogP) is 3.56. The number of hydrogen-bond donors (Lipinski definition) is 1. The van der Waals surface area contributed by atoms with Crippen LogP contribution in [0.25, 0.3) is 0 Å². The van der Waals surface area contributed by atoms with E-state index in [2.05, 4.69) is 29.3 Å². The number of fused-ring (bicyclic) bond motifs is 1. The molecule has 1 fully saturated rings. The van der Waals surface area contributed by atoms with E-state index in [9.17, 15) is 4.79 Å². The maximum absolute atomic E-state index is 12.3. The fourth-order valence-corrected chi connectivity index (χ4v) is 3.95. The molecule has 1 N–H and O–H groups in total. The number of amides is 1. The Morgan fingerprint density at radius 2 is 2.00 bits per heavy atom. The highest BCUT2D eigenvalue weighted by atomic mass is 16.1. The summed E-state index contributed by atoms with van der Waals surface area (Å²) in [5.41, 5.74) is 3.65. The Kier molecular flexibility index (Phi) is 5.71. The Hall–Kier alpha value is -1.35. The largest absolute Gasteiger partial charge is 0.352 e. The van der Waals surface area contributed by atoms with Gasteiger partial charge >= 0.3 is 0 Å². The molecular formula is C20H30N2O. The molecule has 0 radical (unpaired) electrons. The van der Waals surface area contributed by atoms with Crippen LogP contribution in [0.4, 0.5) is 0 Å². The van der Waals surface area contributed by atoms with Crippen LogP contribution < -0.4 is 5.32 Å². The van der Waals surface area contributed by atoms with Crippen LogP contribution in [0, 0.1) is 0 Å². The minimum Gasteiger partial charge on any atom is -0.352 e. The number of hydrogen-bond acceptors (Lipinski definition) is 2. The quantitative estimate of drug-likeness (QED) is 0.843. The Balaban J connectivity index is 1.44. The highest BCUT2D eigenvalue weighted by molar-refractivity contribution is 5.94. The second-order valence-corrected chi connectivity index (χ2v) is 7.18. The summed E-state index contributed by atoms with van der Waals surface area (Å²) in [6.07, 6.45) is 9.90. The zero-order valence-corrected chi connectivity index (χ0v) is 14.4. The second kappa shape index (κ2) is 7.96. The van der Waals surface area contributed by atoms with Gasteiger partial charge in [-0.2, -0.15) is 0 Å². The first-order valence-electron chi connectivity index (χ1n) is 9.38. The highest BCUT2D eigenvalue weighted by Crippen LogP contribution is 2.22. The van der Waals surface area contributed by atoms with Crippen LogP contribution in [0.5, 0.6) is 0 Å². The Labute approximate surface area is 140 Å². The van der Waals surface area contributed by atoms with E-state index >= 15 is 0 Å². The van der Waals surface area contributed by atoms with E-state index in [0.717, 1.165) is 31.5 Å². The summed E-state index contributed by atoms with van der Waals surface area (Å²) in [6, 6.07) is 6.96.